The van der Waals surface area contributed by atoms with E-state index in [2.05, 4.69) is 5.32 Å². The highest BCUT2D eigenvalue weighted by Crippen LogP contribution is 2.21. The highest BCUT2D eigenvalue weighted by atomic mass is 35.5. The Hall–Kier alpha value is -1.36. The summed E-state index contributed by atoms with van der Waals surface area (Å²) in [7, 11) is 0. The van der Waals surface area contributed by atoms with E-state index < -0.39 is 0 Å². The molecule has 0 aliphatic heterocycles. The Balaban J connectivity index is 1.72. The molecule has 20 heavy (non-hydrogen) atoms. The molecule has 106 valence electrons. The third kappa shape index (κ3) is 4.63. The summed E-state index contributed by atoms with van der Waals surface area (Å²) < 4.78 is 0.736. The van der Waals surface area contributed by atoms with Crippen LogP contribution in [0, 0.1) is 0 Å². The van der Waals surface area contributed by atoms with Crippen molar-refractivity contribution < 1.29 is 4.79 Å². The Bertz CT molecular complexity index is 556. The van der Waals surface area contributed by atoms with Gasteiger partial charge in [-0.25, -0.2) is 0 Å². The lowest BCUT2D eigenvalue weighted by Gasteiger charge is -2.11. The van der Waals surface area contributed by atoms with Gasteiger partial charge in [-0.05, 0) is 24.1 Å². The van der Waals surface area contributed by atoms with Crippen LogP contribution < -0.4 is 11.1 Å². The molecule has 1 heterocycles. The zero-order valence-corrected chi connectivity index (χ0v) is 12.6. The van der Waals surface area contributed by atoms with Crippen LogP contribution in [0.4, 0.5) is 0 Å². The van der Waals surface area contributed by atoms with Gasteiger partial charge in [0, 0.05) is 17.3 Å². The lowest BCUT2D eigenvalue weighted by molar-refractivity contribution is -0.121. The third-order valence-corrected chi connectivity index (χ3v) is 4.23. The van der Waals surface area contributed by atoms with Gasteiger partial charge < -0.3 is 11.1 Å². The highest BCUT2D eigenvalue weighted by Gasteiger charge is 2.09. The van der Waals surface area contributed by atoms with Gasteiger partial charge in [-0.3, -0.25) is 4.79 Å². The van der Waals surface area contributed by atoms with E-state index in [1.807, 2.05) is 42.5 Å². The molecule has 0 aliphatic rings. The molecule has 1 unspecified atom stereocenters. The molecule has 3 nitrogen and oxygen atoms in total. The quantitative estimate of drug-likeness (QED) is 0.858. The first-order valence-electron chi connectivity index (χ1n) is 6.46. The number of benzene rings is 1. The fourth-order valence-corrected chi connectivity index (χ4v) is 2.90. The number of rotatable bonds is 6. The predicted molar refractivity (Wildman–Crippen MR) is 83.8 cm³/mol. The molecule has 1 aromatic heterocycles. The molecule has 2 rings (SSSR count). The summed E-state index contributed by atoms with van der Waals surface area (Å²) in [5, 5.41) is 2.88. The normalized spacial score (nSPS) is 12.1. The number of carbonyl (C=O) groups is 1. The molecular formula is C15H17ClN2OS. The second-order valence-electron chi connectivity index (χ2n) is 4.54. The topological polar surface area (TPSA) is 55.1 Å². The Morgan fingerprint density at radius 3 is 2.65 bits per heavy atom. The van der Waals surface area contributed by atoms with E-state index >= 15 is 0 Å². The van der Waals surface area contributed by atoms with Crippen LogP contribution in [0.1, 0.15) is 29.3 Å². The maximum absolute atomic E-state index is 11.8. The van der Waals surface area contributed by atoms with Crippen LogP contribution in [-0.4, -0.2) is 5.91 Å². The van der Waals surface area contributed by atoms with Crippen LogP contribution in [-0.2, 0) is 11.3 Å². The van der Waals surface area contributed by atoms with E-state index in [0.717, 1.165) is 14.8 Å². The Morgan fingerprint density at radius 2 is 2.00 bits per heavy atom. The maximum Gasteiger partial charge on any atom is 0.220 e. The van der Waals surface area contributed by atoms with Crippen LogP contribution in [0.5, 0.6) is 0 Å². The first-order chi connectivity index (χ1) is 9.65. The lowest BCUT2D eigenvalue weighted by Crippen LogP contribution is -2.23. The van der Waals surface area contributed by atoms with Crippen molar-refractivity contribution in [3.05, 3.63) is 57.2 Å². The van der Waals surface area contributed by atoms with Crippen molar-refractivity contribution in [3.63, 3.8) is 0 Å². The monoisotopic (exact) mass is 308 g/mol. The molecule has 1 aromatic carbocycles. The molecule has 1 atom stereocenters. The number of nitrogens with two attached hydrogens (primary N) is 1. The standard InChI is InChI=1S/C15H17ClN2OS/c16-14-8-6-12(20-14)10-18-15(19)9-7-13(17)11-4-2-1-3-5-11/h1-6,8,13H,7,9-10,17H2,(H,18,19). The largest absolute Gasteiger partial charge is 0.351 e. The van der Waals surface area contributed by atoms with E-state index in [1.54, 1.807) is 0 Å². The Kier molecular flexibility index (Phi) is 5.59. The molecule has 0 saturated heterocycles. The van der Waals surface area contributed by atoms with Crippen LogP contribution in [0.15, 0.2) is 42.5 Å². The molecule has 3 N–H and O–H groups in total. The molecule has 0 fully saturated rings. The number of amides is 1. The first-order valence-corrected chi connectivity index (χ1v) is 7.66. The SMILES string of the molecule is NC(CCC(=O)NCc1ccc(Cl)s1)c1ccccc1. The van der Waals surface area contributed by atoms with Crippen molar-refractivity contribution in [3.8, 4) is 0 Å². The number of hydrogen-bond donors (Lipinski definition) is 2. The van der Waals surface area contributed by atoms with Crippen molar-refractivity contribution in [2.45, 2.75) is 25.4 Å². The van der Waals surface area contributed by atoms with Crippen molar-refractivity contribution in [2.24, 2.45) is 5.73 Å². The van der Waals surface area contributed by atoms with Gasteiger partial charge in [-0.1, -0.05) is 41.9 Å². The van der Waals surface area contributed by atoms with Crippen molar-refractivity contribution >= 4 is 28.8 Å². The molecule has 0 bridgehead atoms. The van der Waals surface area contributed by atoms with Crippen molar-refractivity contribution in [1.82, 2.24) is 5.32 Å². The minimum atomic E-state index is -0.0990. The summed E-state index contributed by atoms with van der Waals surface area (Å²) in [6.45, 7) is 0.525. The summed E-state index contributed by atoms with van der Waals surface area (Å²) >= 11 is 7.31. The van der Waals surface area contributed by atoms with Crippen LogP contribution in [0.2, 0.25) is 4.34 Å². The van der Waals surface area contributed by atoms with Crippen LogP contribution in [0.25, 0.3) is 0 Å². The van der Waals surface area contributed by atoms with E-state index in [4.69, 9.17) is 17.3 Å². The molecule has 0 spiro atoms. The third-order valence-electron chi connectivity index (χ3n) is 3.00. The summed E-state index contributed by atoms with van der Waals surface area (Å²) in [5.41, 5.74) is 7.12. The van der Waals surface area contributed by atoms with Crippen LogP contribution >= 0.6 is 22.9 Å². The summed E-state index contributed by atoms with van der Waals surface area (Å²) in [5.74, 6) is 0.0147. The number of carbonyl (C=O) groups excluding carboxylic acids is 1. The molecule has 0 radical (unpaired) electrons. The van der Waals surface area contributed by atoms with E-state index in [0.29, 0.717) is 19.4 Å². The van der Waals surface area contributed by atoms with Gasteiger partial charge in [-0.2, -0.15) is 0 Å². The molecule has 5 heteroatoms. The number of thiophene rings is 1. The predicted octanol–water partition coefficient (Wildman–Crippen LogP) is 3.50. The minimum absolute atomic E-state index is 0.0147. The van der Waals surface area contributed by atoms with Gasteiger partial charge in [0.15, 0.2) is 0 Å². The lowest BCUT2D eigenvalue weighted by atomic mass is 10.0. The second kappa shape index (κ2) is 7.43. The summed E-state index contributed by atoms with van der Waals surface area (Å²) in [6.07, 6.45) is 1.07. The van der Waals surface area contributed by atoms with Gasteiger partial charge in [-0.15, -0.1) is 11.3 Å². The number of nitrogens with one attached hydrogen (secondary N) is 1. The zero-order valence-electron chi connectivity index (χ0n) is 11.0. The van der Waals surface area contributed by atoms with Crippen LogP contribution in [0.3, 0.4) is 0 Å². The Labute approximate surface area is 127 Å². The highest BCUT2D eigenvalue weighted by molar-refractivity contribution is 7.16. The minimum Gasteiger partial charge on any atom is -0.351 e. The summed E-state index contributed by atoms with van der Waals surface area (Å²) in [6, 6.07) is 13.5. The molecule has 0 saturated carbocycles. The van der Waals surface area contributed by atoms with E-state index in [-0.39, 0.29) is 11.9 Å². The fraction of sp³-hybridized carbons (Fsp3) is 0.267. The molecular weight excluding hydrogens is 292 g/mol. The number of hydrogen-bond acceptors (Lipinski definition) is 3. The molecule has 2 aromatic rings. The maximum atomic E-state index is 11.8. The van der Waals surface area contributed by atoms with Gasteiger partial charge >= 0.3 is 0 Å². The second-order valence-corrected chi connectivity index (χ2v) is 6.34. The van der Waals surface area contributed by atoms with E-state index in [9.17, 15) is 4.79 Å². The summed E-state index contributed by atoms with van der Waals surface area (Å²) in [4.78, 5) is 12.8. The van der Waals surface area contributed by atoms with Crippen molar-refractivity contribution in [2.75, 3.05) is 0 Å². The van der Waals surface area contributed by atoms with Crippen molar-refractivity contribution in [1.29, 1.82) is 0 Å². The van der Waals surface area contributed by atoms with Gasteiger partial charge in [0.05, 0.1) is 10.9 Å². The van der Waals surface area contributed by atoms with Gasteiger partial charge in [0.25, 0.3) is 0 Å². The Morgan fingerprint density at radius 1 is 1.25 bits per heavy atom. The molecule has 1 amide bonds. The van der Waals surface area contributed by atoms with Gasteiger partial charge in [0.2, 0.25) is 5.91 Å². The molecule has 0 aliphatic carbocycles. The van der Waals surface area contributed by atoms with Gasteiger partial charge in [0.1, 0.15) is 0 Å². The smallest absolute Gasteiger partial charge is 0.220 e. The average Bonchev–Trinajstić information content (AvgIpc) is 2.89. The first kappa shape index (κ1) is 15.0. The fourth-order valence-electron chi connectivity index (χ4n) is 1.87. The average molecular weight is 309 g/mol. The number of halogens is 1. The van der Waals surface area contributed by atoms with E-state index in [1.165, 1.54) is 11.3 Å². The zero-order chi connectivity index (χ0) is 14.4.